The lowest BCUT2D eigenvalue weighted by atomic mass is 9.91. The van der Waals surface area contributed by atoms with Gasteiger partial charge in [-0.05, 0) is 39.5 Å². The fraction of sp³-hybridized carbons (Fsp3) is 0.571. The van der Waals surface area contributed by atoms with Crippen LogP contribution in [0.15, 0.2) is 23.5 Å². The minimum atomic E-state index is -0.154. The second kappa shape index (κ2) is 7.57. The summed E-state index contributed by atoms with van der Waals surface area (Å²) >= 11 is 0. The average Bonchev–Trinajstić information content (AvgIpc) is 2.29. The first-order chi connectivity index (χ1) is 9.36. The van der Waals surface area contributed by atoms with Gasteiger partial charge in [0.1, 0.15) is 0 Å². The highest BCUT2D eigenvalue weighted by atomic mass is 16.2. The summed E-state index contributed by atoms with van der Waals surface area (Å²) in [5.41, 5.74) is 11.9. The summed E-state index contributed by atoms with van der Waals surface area (Å²) in [6, 6.07) is 0.302. The van der Waals surface area contributed by atoms with Gasteiger partial charge in [0.25, 0.3) is 0 Å². The van der Waals surface area contributed by atoms with Crippen LogP contribution in [0.2, 0.25) is 0 Å². The molecule has 6 heteroatoms. The Kier molecular flexibility index (Phi) is 6.09. The smallest absolute Gasteiger partial charge is 0.245 e. The molecule has 112 valence electrons. The molecule has 1 aliphatic rings. The van der Waals surface area contributed by atoms with E-state index in [-0.39, 0.29) is 23.9 Å². The molecule has 0 atom stereocenters. The summed E-state index contributed by atoms with van der Waals surface area (Å²) in [7, 11) is 0. The highest BCUT2D eigenvalue weighted by Gasteiger charge is 2.22. The maximum Gasteiger partial charge on any atom is 0.245 e. The lowest BCUT2D eigenvalue weighted by Crippen LogP contribution is -2.43. The van der Waals surface area contributed by atoms with Crippen molar-refractivity contribution in [2.75, 3.05) is 0 Å². The van der Waals surface area contributed by atoms with E-state index in [1.807, 2.05) is 0 Å². The summed E-state index contributed by atoms with van der Waals surface area (Å²) in [6.07, 6.45) is 6.17. The Morgan fingerprint density at radius 2 is 1.15 bits per heavy atom. The van der Waals surface area contributed by atoms with Gasteiger partial charge in [-0.15, -0.1) is 0 Å². The molecular formula is C14H24N4O2. The molecule has 0 radical (unpaired) electrons. The number of rotatable bonds is 4. The van der Waals surface area contributed by atoms with Gasteiger partial charge < -0.3 is 22.1 Å². The van der Waals surface area contributed by atoms with Gasteiger partial charge in [-0.2, -0.15) is 0 Å². The van der Waals surface area contributed by atoms with Crippen molar-refractivity contribution in [3.63, 3.8) is 0 Å². The molecule has 0 bridgehead atoms. The van der Waals surface area contributed by atoms with E-state index in [0.717, 1.165) is 25.7 Å². The number of carbonyl (C=O) groups is 2. The van der Waals surface area contributed by atoms with Crippen molar-refractivity contribution in [1.82, 2.24) is 10.6 Å². The molecule has 2 amide bonds. The molecule has 1 aliphatic carbocycles. The summed E-state index contributed by atoms with van der Waals surface area (Å²) in [5, 5.41) is 5.83. The first-order valence-corrected chi connectivity index (χ1v) is 6.85. The molecule has 1 fully saturated rings. The zero-order valence-electron chi connectivity index (χ0n) is 12.1. The fourth-order valence-corrected chi connectivity index (χ4v) is 2.28. The van der Waals surface area contributed by atoms with Crippen LogP contribution in [0.4, 0.5) is 0 Å². The van der Waals surface area contributed by atoms with Crippen molar-refractivity contribution in [1.29, 1.82) is 0 Å². The lowest BCUT2D eigenvalue weighted by molar-refractivity contribution is -0.119. The number of amides is 2. The van der Waals surface area contributed by atoms with Gasteiger partial charge in [-0.1, -0.05) is 0 Å². The number of allylic oxidation sites excluding steroid dienone is 2. The Balaban J connectivity index is 2.33. The summed E-state index contributed by atoms with van der Waals surface area (Å²) in [5.74, 6) is -0.307. The molecule has 20 heavy (non-hydrogen) atoms. The maximum absolute atomic E-state index is 11.5. The minimum Gasteiger partial charge on any atom is -0.402 e. The number of nitrogens with one attached hydrogen (secondary N) is 2. The largest absolute Gasteiger partial charge is 0.402 e. The second-order valence-corrected chi connectivity index (χ2v) is 5.34. The number of hydrogen-bond acceptors (Lipinski definition) is 4. The Bertz CT molecular complexity index is 373. The lowest BCUT2D eigenvalue weighted by Gasteiger charge is -2.29. The van der Waals surface area contributed by atoms with Crippen LogP contribution in [0.3, 0.4) is 0 Å². The van der Waals surface area contributed by atoms with Gasteiger partial charge in [0.05, 0.1) is 0 Å². The fourth-order valence-electron chi connectivity index (χ4n) is 2.28. The van der Waals surface area contributed by atoms with E-state index in [0.29, 0.717) is 11.4 Å². The molecule has 0 unspecified atom stereocenters. The Labute approximate surface area is 119 Å². The van der Waals surface area contributed by atoms with Gasteiger partial charge >= 0.3 is 0 Å². The van der Waals surface area contributed by atoms with Crippen molar-refractivity contribution in [2.45, 2.75) is 51.6 Å². The summed E-state index contributed by atoms with van der Waals surface area (Å²) in [4.78, 5) is 23.1. The van der Waals surface area contributed by atoms with Crippen molar-refractivity contribution in [2.24, 2.45) is 11.5 Å². The van der Waals surface area contributed by atoms with Crippen LogP contribution < -0.4 is 22.1 Å². The molecule has 6 nitrogen and oxygen atoms in total. The molecule has 0 aliphatic heterocycles. The zero-order valence-corrected chi connectivity index (χ0v) is 12.1. The summed E-state index contributed by atoms with van der Waals surface area (Å²) in [6.45, 7) is 3.36. The van der Waals surface area contributed by atoms with Crippen molar-refractivity contribution >= 4 is 11.8 Å². The van der Waals surface area contributed by atoms with Gasteiger partial charge in [-0.3, -0.25) is 9.59 Å². The predicted octanol–water partition coefficient (Wildman–Crippen LogP) is 0.255. The van der Waals surface area contributed by atoms with Crippen LogP contribution in [-0.2, 0) is 9.59 Å². The highest BCUT2D eigenvalue weighted by Crippen LogP contribution is 2.18. The number of nitrogens with two attached hydrogens (primary N) is 2. The average molecular weight is 280 g/mol. The van der Waals surface area contributed by atoms with E-state index in [1.165, 1.54) is 12.2 Å². The van der Waals surface area contributed by atoms with Gasteiger partial charge in [0, 0.05) is 35.6 Å². The van der Waals surface area contributed by atoms with Crippen LogP contribution in [0, 0.1) is 0 Å². The van der Waals surface area contributed by atoms with E-state index in [2.05, 4.69) is 10.6 Å². The zero-order chi connectivity index (χ0) is 15.1. The molecule has 0 aromatic rings. The molecule has 0 aromatic carbocycles. The standard InChI is InChI=1S/C14H24N4O2/c1-9(15)7-13(19)17-11-3-5-12(6-4-11)18-14(20)8-10(2)16/h7-8,11-12H,3-6,15-16H2,1-2H3,(H,17,19)(H,18,20)/b9-7-,10-8-. The topological polar surface area (TPSA) is 110 Å². The maximum atomic E-state index is 11.5. The Morgan fingerprint density at radius 3 is 1.40 bits per heavy atom. The normalized spacial score (nSPS) is 24.1. The number of hydrogen-bond donors (Lipinski definition) is 4. The SMILES string of the molecule is C/C(N)=C/C(=O)NC1CCC(NC(=O)/C=C(/C)N)CC1. The van der Waals surface area contributed by atoms with E-state index in [1.54, 1.807) is 13.8 Å². The first kappa shape index (κ1) is 16.1. The van der Waals surface area contributed by atoms with Crippen LogP contribution in [-0.4, -0.2) is 23.9 Å². The quantitative estimate of drug-likeness (QED) is 0.553. The molecule has 1 rings (SSSR count). The minimum absolute atomic E-state index is 0.151. The van der Waals surface area contributed by atoms with E-state index < -0.39 is 0 Å². The molecule has 0 aromatic heterocycles. The third-order valence-electron chi connectivity index (χ3n) is 3.14. The molecule has 0 spiro atoms. The van der Waals surface area contributed by atoms with E-state index >= 15 is 0 Å². The Morgan fingerprint density at radius 1 is 0.850 bits per heavy atom. The first-order valence-electron chi connectivity index (χ1n) is 6.85. The van der Waals surface area contributed by atoms with Gasteiger partial charge in [0.2, 0.25) is 11.8 Å². The van der Waals surface area contributed by atoms with Gasteiger partial charge in [-0.25, -0.2) is 0 Å². The third kappa shape index (κ3) is 6.26. The highest BCUT2D eigenvalue weighted by molar-refractivity contribution is 5.88. The van der Waals surface area contributed by atoms with E-state index in [4.69, 9.17) is 11.5 Å². The van der Waals surface area contributed by atoms with Crippen molar-refractivity contribution in [3.8, 4) is 0 Å². The molecule has 6 N–H and O–H groups in total. The Hall–Kier alpha value is -1.98. The van der Waals surface area contributed by atoms with Gasteiger partial charge in [0.15, 0.2) is 0 Å². The number of carbonyl (C=O) groups excluding carboxylic acids is 2. The monoisotopic (exact) mass is 280 g/mol. The third-order valence-corrected chi connectivity index (χ3v) is 3.14. The van der Waals surface area contributed by atoms with Crippen molar-refractivity contribution < 1.29 is 9.59 Å². The van der Waals surface area contributed by atoms with Crippen molar-refractivity contribution in [3.05, 3.63) is 23.5 Å². The second-order valence-electron chi connectivity index (χ2n) is 5.34. The predicted molar refractivity (Wildman–Crippen MR) is 78.2 cm³/mol. The van der Waals surface area contributed by atoms with Crippen LogP contribution in [0.1, 0.15) is 39.5 Å². The molecule has 0 heterocycles. The van der Waals surface area contributed by atoms with Crippen LogP contribution >= 0.6 is 0 Å². The van der Waals surface area contributed by atoms with Crippen LogP contribution in [0.5, 0.6) is 0 Å². The molecular weight excluding hydrogens is 256 g/mol. The molecule has 0 saturated heterocycles. The van der Waals surface area contributed by atoms with E-state index in [9.17, 15) is 9.59 Å². The molecule has 1 saturated carbocycles. The van der Waals surface area contributed by atoms with Crippen LogP contribution in [0.25, 0.3) is 0 Å². The summed E-state index contributed by atoms with van der Waals surface area (Å²) < 4.78 is 0.